The molecule has 9 heteroatoms. The Hall–Kier alpha value is -3.98. The number of hydrogen-bond acceptors (Lipinski definition) is 6. The smallest absolute Gasteiger partial charge is 0.283 e. The van der Waals surface area contributed by atoms with Crippen molar-refractivity contribution in [2.24, 2.45) is 10.1 Å². The Morgan fingerprint density at radius 3 is 2.66 bits per heavy atom. The first kappa shape index (κ1) is 20.0. The van der Waals surface area contributed by atoms with Gasteiger partial charge in [-0.25, -0.2) is 0 Å². The molecule has 0 saturated heterocycles. The minimum absolute atomic E-state index is 0.0131. The van der Waals surface area contributed by atoms with Gasteiger partial charge in [-0.3, -0.25) is 15.2 Å². The van der Waals surface area contributed by atoms with Gasteiger partial charge in [-0.15, -0.1) is 0 Å². The van der Waals surface area contributed by atoms with Gasteiger partial charge in [0.1, 0.15) is 10.8 Å². The maximum absolute atomic E-state index is 12.8. The molecule has 1 amide bonds. The number of amides is 1. The number of fused-ring (bicyclic) bond motifs is 1. The number of aliphatic imine (C=N–C) groups is 1. The Morgan fingerprint density at radius 1 is 1.16 bits per heavy atom. The Bertz CT molecular complexity index is 1350. The molecule has 0 unspecified atom stereocenters. The first-order valence-electron chi connectivity index (χ1n) is 9.81. The van der Waals surface area contributed by atoms with Gasteiger partial charge in [-0.1, -0.05) is 0 Å². The Labute approximate surface area is 188 Å². The number of thioether (sulfide) groups is 1. The van der Waals surface area contributed by atoms with Crippen molar-refractivity contribution in [2.75, 3.05) is 0 Å². The summed E-state index contributed by atoms with van der Waals surface area (Å²) in [6.07, 6.45) is 5.05. The molecule has 0 fully saturated rings. The molecule has 0 bridgehead atoms. The highest BCUT2D eigenvalue weighted by molar-refractivity contribution is 8.27. The van der Waals surface area contributed by atoms with Crippen LogP contribution < -0.4 is 0 Å². The van der Waals surface area contributed by atoms with Gasteiger partial charge in [0.05, 0.1) is 5.57 Å². The highest BCUT2D eigenvalue weighted by Gasteiger charge is 2.36. The summed E-state index contributed by atoms with van der Waals surface area (Å²) in [6, 6.07) is 12.6. The zero-order valence-electron chi connectivity index (χ0n) is 17.3. The number of nitrogens with zero attached hydrogens (tertiary/aromatic N) is 5. The van der Waals surface area contributed by atoms with Crippen LogP contribution in [0.2, 0.25) is 0 Å². The summed E-state index contributed by atoms with van der Waals surface area (Å²) in [5, 5.41) is 25.1. The average molecular weight is 443 g/mol. The van der Waals surface area contributed by atoms with Gasteiger partial charge < -0.3 is 9.67 Å². The molecule has 2 aliphatic heterocycles. The summed E-state index contributed by atoms with van der Waals surface area (Å²) in [5.41, 5.74) is 4.56. The molecule has 2 aromatic heterocycles. The largest absolute Gasteiger partial charge is 0.508 e. The van der Waals surface area contributed by atoms with Crippen molar-refractivity contribution in [1.29, 1.82) is 5.41 Å². The maximum Gasteiger partial charge on any atom is 0.283 e. The Kier molecular flexibility index (Phi) is 4.75. The number of phenolic OH excluding ortho intramolecular Hbond substituents is 1. The highest BCUT2D eigenvalue weighted by atomic mass is 32.2. The second-order valence-electron chi connectivity index (χ2n) is 7.35. The van der Waals surface area contributed by atoms with E-state index in [0.29, 0.717) is 10.2 Å². The molecule has 3 aromatic rings. The summed E-state index contributed by atoms with van der Waals surface area (Å²) >= 11 is 1.24. The third-order valence-corrected chi connectivity index (χ3v) is 6.20. The van der Waals surface area contributed by atoms with Gasteiger partial charge in [0.25, 0.3) is 5.91 Å². The average Bonchev–Trinajstić information content (AvgIpc) is 3.33. The van der Waals surface area contributed by atoms with E-state index in [9.17, 15) is 9.90 Å². The molecule has 2 N–H and O–H groups in total. The predicted molar refractivity (Wildman–Crippen MR) is 125 cm³/mol. The number of pyridine rings is 1. The van der Waals surface area contributed by atoms with E-state index >= 15 is 0 Å². The van der Waals surface area contributed by atoms with Crippen LogP contribution in [0.1, 0.15) is 22.5 Å². The number of phenols is 1. The van der Waals surface area contributed by atoms with E-state index in [0.717, 1.165) is 28.2 Å². The number of nitrogens with one attached hydrogen (secondary N) is 1. The third-order valence-electron chi connectivity index (χ3n) is 5.24. The van der Waals surface area contributed by atoms with Gasteiger partial charge >= 0.3 is 0 Å². The van der Waals surface area contributed by atoms with E-state index < -0.39 is 5.91 Å². The van der Waals surface area contributed by atoms with Crippen LogP contribution in [-0.4, -0.2) is 41.6 Å². The molecule has 8 nitrogen and oxygen atoms in total. The summed E-state index contributed by atoms with van der Waals surface area (Å²) in [4.78, 5) is 21.0. The third kappa shape index (κ3) is 3.32. The summed E-state index contributed by atoms with van der Waals surface area (Å²) in [6.45, 7) is 3.91. The number of benzene rings is 1. The zero-order valence-corrected chi connectivity index (χ0v) is 18.1. The lowest BCUT2D eigenvalue weighted by Crippen LogP contribution is -2.35. The highest BCUT2D eigenvalue weighted by Crippen LogP contribution is 2.31. The fourth-order valence-electron chi connectivity index (χ4n) is 3.69. The number of carbonyl (C=O) groups excluding carboxylic acids is 1. The van der Waals surface area contributed by atoms with Gasteiger partial charge in [0.2, 0.25) is 5.17 Å². The van der Waals surface area contributed by atoms with Crippen molar-refractivity contribution in [2.45, 2.75) is 13.8 Å². The molecule has 32 heavy (non-hydrogen) atoms. The quantitative estimate of drug-likeness (QED) is 0.599. The molecule has 158 valence electrons. The molecule has 1 aromatic carbocycles. The maximum atomic E-state index is 12.8. The number of hydrogen-bond donors (Lipinski definition) is 2. The first-order valence-corrected chi connectivity index (χ1v) is 10.6. The van der Waals surface area contributed by atoms with Gasteiger partial charge in [-0.05, 0) is 79.7 Å². The van der Waals surface area contributed by atoms with Crippen molar-refractivity contribution < 1.29 is 9.90 Å². The summed E-state index contributed by atoms with van der Waals surface area (Å²) < 4.78 is 2.03. The van der Waals surface area contributed by atoms with Crippen molar-refractivity contribution in [3.05, 3.63) is 82.9 Å². The molecular formula is C23H18N6O2S. The van der Waals surface area contributed by atoms with E-state index in [1.807, 2.05) is 48.7 Å². The summed E-state index contributed by atoms with van der Waals surface area (Å²) in [7, 11) is 0. The Balaban J connectivity index is 1.51. The van der Waals surface area contributed by atoms with Gasteiger partial charge in [0.15, 0.2) is 5.84 Å². The molecule has 5 rings (SSSR count). The van der Waals surface area contributed by atoms with Crippen LogP contribution in [0.5, 0.6) is 5.75 Å². The molecule has 0 aliphatic carbocycles. The normalized spacial score (nSPS) is 16.9. The van der Waals surface area contributed by atoms with E-state index in [1.165, 1.54) is 16.8 Å². The number of rotatable bonds is 3. The van der Waals surface area contributed by atoms with Crippen LogP contribution >= 0.6 is 11.8 Å². The molecule has 0 atom stereocenters. The van der Waals surface area contributed by atoms with Gasteiger partial charge in [0, 0.05) is 35.0 Å². The minimum Gasteiger partial charge on any atom is -0.508 e. The van der Waals surface area contributed by atoms with Crippen LogP contribution in [0, 0.1) is 19.3 Å². The molecule has 0 saturated carbocycles. The van der Waals surface area contributed by atoms with Crippen molar-refractivity contribution in [3.8, 4) is 11.4 Å². The fraction of sp³-hybridized carbons (Fsp3) is 0.0870. The second-order valence-corrected chi connectivity index (χ2v) is 8.30. The van der Waals surface area contributed by atoms with Crippen LogP contribution in [0.3, 0.4) is 0 Å². The first-order chi connectivity index (χ1) is 15.4. The molecule has 2 aliphatic rings. The molecular weight excluding hydrogens is 424 g/mol. The van der Waals surface area contributed by atoms with Crippen molar-refractivity contribution >= 4 is 39.8 Å². The Morgan fingerprint density at radius 2 is 1.94 bits per heavy atom. The molecule has 0 spiro atoms. The second kappa shape index (κ2) is 7.61. The van der Waals surface area contributed by atoms with E-state index in [4.69, 9.17) is 5.41 Å². The summed E-state index contributed by atoms with van der Waals surface area (Å²) in [5.74, 6) is -0.283. The van der Waals surface area contributed by atoms with E-state index in [-0.39, 0.29) is 17.2 Å². The molecule has 4 heterocycles. The van der Waals surface area contributed by atoms with Crippen LogP contribution in [0.4, 0.5) is 0 Å². The monoisotopic (exact) mass is 442 g/mol. The predicted octanol–water partition coefficient (Wildman–Crippen LogP) is 3.86. The minimum atomic E-state index is -0.467. The van der Waals surface area contributed by atoms with Crippen molar-refractivity contribution in [1.82, 2.24) is 14.6 Å². The van der Waals surface area contributed by atoms with Crippen LogP contribution in [0.15, 0.2) is 70.5 Å². The van der Waals surface area contributed by atoms with Crippen LogP contribution in [-0.2, 0) is 4.79 Å². The topological polar surface area (TPSA) is 107 Å². The molecule has 0 radical (unpaired) electrons. The number of aromatic nitrogens is 2. The number of aryl methyl sites for hydroxylation is 1. The number of carbonyl (C=O) groups is 1. The lowest BCUT2D eigenvalue weighted by atomic mass is 10.1. The lowest BCUT2D eigenvalue weighted by Gasteiger charge is -2.20. The van der Waals surface area contributed by atoms with E-state index in [2.05, 4.69) is 15.1 Å². The number of amidine groups is 2. The van der Waals surface area contributed by atoms with E-state index in [1.54, 1.807) is 30.6 Å². The lowest BCUT2D eigenvalue weighted by molar-refractivity contribution is -0.114. The van der Waals surface area contributed by atoms with Crippen LogP contribution in [0.25, 0.3) is 11.8 Å². The number of hydrazone groups is 1. The number of aromatic hydroxyl groups is 1. The standard InChI is InChI=1S/C23H18N6O2S/c1-13-10-16(14(2)28(13)17-5-7-18(30)8-6-17)11-19-20(24)29-23(26-21(19)31)32-22(27-29)15-4-3-9-25-12-15/h3-12,24,30H,1-2H3/b19-11-,24-20?. The van der Waals surface area contributed by atoms with Gasteiger partial charge in [-0.2, -0.15) is 15.1 Å². The fourth-order valence-corrected chi connectivity index (χ4v) is 4.57. The van der Waals surface area contributed by atoms with Crippen molar-refractivity contribution in [3.63, 3.8) is 0 Å². The zero-order chi connectivity index (χ0) is 22.4. The SMILES string of the molecule is Cc1cc(/C=C2/C(=N)N3N=C(c4cccnc4)SC3=NC2=O)c(C)n1-c1ccc(O)cc1.